The molecular formula is C14H23ClN2O. The molecule has 1 aromatic carbocycles. The minimum Gasteiger partial charge on any atom is -0.324 e. The number of anilines is 1. The Kier molecular flexibility index (Phi) is 6.96. The van der Waals surface area contributed by atoms with E-state index in [1.54, 1.807) is 0 Å². The molecule has 3 nitrogen and oxygen atoms in total. The lowest BCUT2D eigenvalue weighted by atomic mass is 9.92. The van der Waals surface area contributed by atoms with Crippen molar-refractivity contribution in [2.75, 3.05) is 11.9 Å². The van der Waals surface area contributed by atoms with Gasteiger partial charge in [-0.1, -0.05) is 45.9 Å². The van der Waals surface area contributed by atoms with Gasteiger partial charge in [0.15, 0.2) is 0 Å². The van der Waals surface area contributed by atoms with Crippen molar-refractivity contribution in [3.63, 3.8) is 0 Å². The maximum absolute atomic E-state index is 11.5. The Bertz CT molecular complexity index is 377. The number of nitrogens with one attached hydrogen (secondary N) is 1. The molecule has 0 bridgehead atoms. The van der Waals surface area contributed by atoms with Gasteiger partial charge in [-0.3, -0.25) is 4.79 Å². The van der Waals surface area contributed by atoms with Crippen LogP contribution in [0, 0.1) is 0 Å². The van der Waals surface area contributed by atoms with E-state index >= 15 is 0 Å². The van der Waals surface area contributed by atoms with Gasteiger partial charge in [0, 0.05) is 5.69 Å². The van der Waals surface area contributed by atoms with E-state index in [1.807, 2.05) is 6.07 Å². The van der Waals surface area contributed by atoms with E-state index in [1.165, 1.54) is 0 Å². The number of carbonyl (C=O) groups is 1. The van der Waals surface area contributed by atoms with Crippen molar-refractivity contribution in [1.82, 2.24) is 0 Å². The highest BCUT2D eigenvalue weighted by molar-refractivity contribution is 5.93. The van der Waals surface area contributed by atoms with Gasteiger partial charge in [-0.25, -0.2) is 0 Å². The van der Waals surface area contributed by atoms with E-state index in [2.05, 4.69) is 45.1 Å². The highest BCUT2D eigenvalue weighted by Crippen LogP contribution is 2.32. The van der Waals surface area contributed by atoms with E-state index < -0.39 is 0 Å². The number of amides is 1. The molecule has 0 heterocycles. The molecule has 1 aromatic rings. The molecule has 0 saturated carbocycles. The number of carbonyl (C=O) groups excluding carboxylic acids is 1. The Morgan fingerprint density at radius 2 is 1.61 bits per heavy atom. The fourth-order valence-corrected chi connectivity index (χ4v) is 1.89. The monoisotopic (exact) mass is 270 g/mol. The van der Waals surface area contributed by atoms with Crippen LogP contribution in [0.3, 0.4) is 0 Å². The van der Waals surface area contributed by atoms with Crippen molar-refractivity contribution in [1.29, 1.82) is 0 Å². The van der Waals surface area contributed by atoms with Crippen molar-refractivity contribution >= 4 is 24.0 Å². The molecule has 1 rings (SSSR count). The molecule has 0 saturated heterocycles. The molecular weight excluding hydrogens is 248 g/mol. The van der Waals surface area contributed by atoms with Gasteiger partial charge in [0.05, 0.1) is 6.54 Å². The summed E-state index contributed by atoms with van der Waals surface area (Å²) in [5, 5.41) is 2.93. The molecule has 0 aromatic heterocycles. The van der Waals surface area contributed by atoms with Gasteiger partial charge in [-0.05, 0) is 23.0 Å². The summed E-state index contributed by atoms with van der Waals surface area (Å²) in [5.74, 6) is 0.614. The van der Waals surface area contributed by atoms with Gasteiger partial charge >= 0.3 is 0 Å². The van der Waals surface area contributed by atoms with Gasteiger partial charge in [-0.2, -0.15) is 0 Å². The quantitative estimate of drug-likeness (QED) is 0.882. The number of hydrogen-bond donors (Lipinski definition) is 2. The predicted octanol–water partition coefficient (Wildman–Crippen LogP) is 3.25. The lowest BCUT2D eigenvalue weighted by Gasteiger charge is -2.19. The average Bonchev–Trinajstić information content (AvgIpc) is 2.28. The van der Waals surface area contributed by atoms with Crippen molar-refractivity contribution in [3.05, 3.63) is 29.3 Å². The Labute approximate surface area is 116 Å². The zero-order chi connectivity index (χ0) is 13.0. The van der Waals surface area contributed by atoms with Crippen molar-refractivity contribution in [3.8, 4) is 0 Å². The number of rotatable bonds is 4. The molecule has 102 valence electrons. The number of para-hydroxylation sites is 1. The number of halogens is 1. The minimum atomic E-state index is -0.139. The van der Waals surface area contributed by atoms with Crippen LogP contribution in [-0.4, -0.2) is 12.5 Å². The van der Waals surface area contributed by atoms with Crippen LogP contribution >= 0.6 is 12.4 Å². The first-order valence-corrected chi connectivity index (χ1v) is 6.10. The third-order valence-electron chi connectivity index (χ3n) is 2.82. The van der Waals surface area contributed by atoms with Crippen LogP contribution in [0.2, 0.25) is 0 Å². The molecule has 0 spiro atoms. The largest absolute Gasteiger partial charge is 0.324 e. The van der Waals surface area contributed by atoms with Crippen LogP contribution in [0.5, 0.6) is 0 Å². The molecule has 3 N–H and O–H groups in total. The first kappa shape index (κ1) is 16.9. The van der Waals surface area contributed by atoms with Crippen molar-refractivity contribution in [2.45, 2.75) is 39.5 Å². The van der Waals surface area contributed by atoms with E-state index in [4.69, 9.17) is 5.73 Å². The zero-order valence-corrected chi connectivity index (χ0v) is 12.3. The van der Waals surface area contributed by atoms with Gasteiger partial charge in [-0.15, -0.1) is 12.4 Å². The molecule has 0 radical (unpaired) electrons. The summed E-state index contributed by atoms with van der Waals surface area (Å²) in [5.41, 5.74) is 8.63. The van der Waals surface area contributed by atoms with Crippen LogP contribution in [-0.2, 0) is 4.79 Å². The van der Waals surface area contributed by atoms with Crippen LogP contribution < -0.4 is 11.1 Å². The van der Waals surface area contributed by atoms with E-state index in [0.717, 1.165) is 16.8 Å². The third-order valence-corrected chi connectivity index (χ3v) is 2.82. The fourth-order valence-electron chi connectivity index (χ4n) is 1.89. The summed E-state index contributed by atoms with van der Waals surface area (Å²) in [6.07, 6.45) is 0. The predicted molar refractivity (Wildman–Crippen MR) is 79.6 cm³/mol. The molecule has 18 heavy (non-hydrogen) atoms. The standard InChI is InChI=1S/C14H22N2O.ClH/c1-9(2)11-6-5-7-12(10(3)4)14(11)16-13(17)8-15;/h5-7,9-10H,8,15H2,1-4H3,(H,16,17);1H. The highest BCUT2D eigenvalue weighted by Gasteiger charge is 2.14. The summed E-state index contributed by atoms with van der Waals surface area (Å²) in [6, 6.07) is 6.16. The molecule has 0 fully saturated rings. The van der Waals surface area contributed by atoms with Gasteiger partial charge < -0.3 is 11.1 Å². The smallest absolute Gasteiger partial charge is 0.238 e. The normalized spacial score (nSPS) is 10.4. The molecule has 0 unspecified atom stereocenters. The zero-order valence-electron chi connectivity index (χ0n) is 11.5. The van der Waals surface area contributed by atoms with Gasteiger partial charge in [0.1, 0.15) is 0 Å². The first-order chi connectivity index (χ1) is 7.97. The maximum Gasteiger partial charge on any atom is 0.238 e. The Hall–Kier alpha value is -1.06. The van der Waals surface area contributed by atoms with E-state index in [9.17, 15) is 4.79 Å². The lowest BCUT2D eigenvalue weighted by Crippen LogP contribution is -2.23. The fraction of sp³-hybridized carbons (Fsp3) is 0.500. The molecule has 4 heteroatoms. The molecule has 0 aliphatic rings. The number of benzene rings is 1. The van der Waals surface area contributed by atoms with Crippen LogP contribution in [0.15, 0.2) is 18.2 Å². The second-order valence-electron chi connectivity index (χ2n) is 4.87. The number of hydrogen-bond acceptors (Lipinski definition) is 2. The summed E-state index contributed by atoms with van der Waals surface area (Å²) in [6.45, 7) is 8.51. The second kappa shape index (κ2) is 7.39. The van der Waals surface area contributed by atoms with Gasteiger partial charge in [0.25, 0.3) is 0 Å². The average molecular weight is 271 g/mol. The highest BCUT2D eigenvalue weighted by atomic mass is 35.5. The maximum atomic E-state index is 11.5. The third kappa shape index (κ3) is 4.00. The topological polar surface area (TPSA) is 55.1 Å². The van der Waals surface area contributed by atoms with Crippen LogP contribution in [0.4, 0.5) is 5.69 Å². The summed E-state index contributed by atoms with van der Waals surface area (Å²) in [7, 11) is 0. The summed E-state index contributed by atoms with van der Waals surface area (Å²) < 4.78 is 0. The van der Waals surface area contributed by atoms with Crippen LogP contribution in [0.1, 0.15) is 50.7 Å². The number of nitrogens with two attached hydrogens (primary N) is 1. The Morgan fingerprint density at radius 3 is 1.94 bits per heavy atom. The van der Waals surface area contributed by atoms with Crippen molar-refractivity contribution in [2.24, 2.45) is 5.73 Å². The first-order valence-electron chi connectivity index (χ1n) is 6.10. The summed E-state index contributed by atoms with van der Waals surface area (Å²) in [4.78, 5) is 11.5. The van der Waals surface area contributed by atoms with Crippen LogP contribution in [0.25, 0.3) is 0 Å². The Morgan fingerprint density at radius 1 is 1.17 bits per heavy atom. The Balaban J connectivity index is 0.00000289. The SMILES string of the molecule is CC(C)c1cccc(C(C)C)c1NC(=O)CN.Cl. The molecule has 1 amide bonds. The van der Waals surface area contributed by atoms with E-state index in [-0.39, 0.29) is 24.9 Å². The molecule has 0 aliphatic heterocycles. The molecule has 0 aliphatic carbocycles. The van der Waals surface area contributed by atoms with E-state index in [0.29, 0.717) is 11.8 Å². The van der Waals surface area contributed by atoms with Gasteiger partial charge in [0.2, 0.25) is 5.91 Å². The molecule has 0 atom stereocenters. The lowest BCUT2D eigenvalue weighted by molar-refractivity contribution is -0.114. The minimum absolute atomic E-state index is 0. The summed E-state index contributed by atoms with van der Waals surface area (Å²) >= 11 is 0. The van der Waals surface area contributed by atoms with Crippen molar-refractivity contribution < 1.29 is 4.79 Å². The second-order valence-corrected chi connectivity index (χ2v) is 4.87.